The minimum Gasteiger partial charge on any atom is -0.870 e. The molecule has 0 spiro atoms. The fraction of sp³-hybridized carbons (Fsp3) is 0.547. The Morgan fingerprint density at radius 2 is 0.726 bits per heavy atom. The zero-order valence-electron chi connectivity index (χ0n) is 74.6. The maximum Gasteiger partial charge on any atom is 1.00 e. The number of aryl methyl sites for hydroxylation is 3. The van der Waals surface area contributed by atoms with Crippen LogP contribution in [0.25, 0.3) is 0 Å². The molecule has 3 unspecified atom stereocenters. The number of piperazine rings is 3. The number of rotatable bonds is 12. The average Bonchev–Trinajstić information content (AvgIpc) is 0.708. The van der Waals surface area contributed by atoms with Crippen molar-refractivity contribution in [1.82, 2.24) is 45.3 Å². The number of carbonyl (C=O) groups excluding carboxylic acids is 9. The van der Waals surface area contributed by atoms with E-state index in [1.165, 1.54) is 6.92 Å². The first-order valence-corrected chi connectivity index (χ1v) is 41.6. The van der Waals surface area contributed by atoms with Gasteiger partial charge in [-0.05, 0) is 200 Å². The van der Waals surface area contributed by atoms with Crippen LogP contribution in [-0.4, -0.2) is 231 Å². The third kappa shape index (κ3) is 16.5. The van der Waals surface area contributed by atoms with Crippen molar-refractivity contribution >= 4 is 52.4 Å². The van der Waals surface area contributed by atoms with E-state index in [2.05, 4.69) is 83.8 Å². The number of hydrogen-bond acceptors (Lipinski definition) is 25. The Morgan fingerprint density at radius 1 is 0.460 bits per heavy atom. The van der Waals surface area contributed by atoms with Crippen molar-refractivity contribution in [1.29, 1.82) is 21.0 Å². The number of nitrogens with one attached hydrogen (secondary N) is 3. The van der Waals surface area contributed by atoms with Crippen molar-refractivity contribution in [3.8, 4) is 41.5 Å². The number of ether oxygens (including phenoxy) is 2. The summed E-state index contributed by atoms with van der Waals surface area (Å²) in [7, 11) is 7.58. The number of nitrogens with two attached hydrogens (primary N) is 1. The summed E-state index contributed by atoms with van der Waals surface area (Å²) in [6, 6.07) is 9.07. The second-order valence-electron chi connectivity index (χ2n) is 35.3. The first kappa shape index (κ1) is 99.9. The number of ketones is 6. The van der Waals surface area contributed by atoms with Crippen molar-refractivity contribution in [2.24, 2.45) is 17.6 Å². The summed E-state index contributed by atoms with van der Waals surface area (Å²) in [6.07, 6.45) is 2.68. The number of methoxy groups -OCH3 is 1. The van der Waals surface area contributed by atoms with E-state index in [-0.39, 0.29) is 213 Å². The Morgan fingerprint density at radius 3 is 1.00 bits per heavy atom. The molecule has 0 radical (unpaired) electrons. The van der Waals surface area contributed by atoms with E-state index in [9.17, 15) is 69.1 Å². The number of benzene rings is 3. The number of aromatic hydroxyl groups is 2. The van der Waals surface area contributed by atoms with Crippen LogP contribution in [-0.2, 0) is 67.2 Å². The SMILES string of the molecule is C.C.CC#N.CC1=C(C)C(=O)C2=C(CC3[C@H]4c5c(cc(C)c(C)c5O)C[C@@H]([C@H](C#N)N3[C@H]2CNC(=O)C(C)C)N4C)C1=O.CC1=C(C)C(=O)C2=C(CC3[C@H]4c5c(cc(C)c(C)c5O)C[C@@H]([C@H](C#N)N3[C@H]2CNC(=O)[C@H](C)N)N4C)C1=O.COCOc1c(C)c(C)cc2c1[C@@H]1C3CC4=C(C(=O)C(C)=C(C)C4=O)[C@H](CNC(=O)C(C)C)N3[C@@H](C#N)[C@H](C2)N1C.[Na+].[OH-]. The van der Waals surface area contributed by atoms with Crippen LogP contribution >= 0.6 is 0 Å². The molecule has 3 aromatic carbocycles. The molecule has 3 aromatic rings. The number of amides is 3. The van der Waals surface area contributed by atoms with Crippen molar-refractivity contribution in [2.75, 3.05) is 54.7 Å². The third-order valence-electron chi connectivity index (χ3n) is 28.3. The summed E-state index contributed by atoms with van der Waals surface area (Å²) in [5, 5.41) is 70.6. The van der Waals surface area contributed by atoms with E-state index in [0.29, 0.717) is 99.0 Å². The molecule has 3 amide bonds. The van der Waals surface area contributed by atoms with Crippen LogP contribution in [0.4, 0.5) is 0 Å². The van der Waals surface area contributed by atoms with Gasteiger partial charge in [0.25, 0.3) is 0 Å². The zero-order valence-corrected chi connectivity index (χ0v) is 76.6. The molecule has 9 heterocycles. The summed E-state index contributed by atoms with van der Waals surface area (Å²) >= 11 is 0. The minimum atomic E-state index is -0.746. The smallest absolute Gasteiger partial charge is 0.870 e. The molecule has 15 rings (SSSR count). The van der Waals surface area contributed by atoms with Gasteiger partial charge in [-0.3, -0.25) is 72.6 Å². The molecule has 3 fully saturated rings. The topological polar surface area (TPSA) is 419 Å². The van der Waals surface area contributed by atoms with Gasteiger partial charge in [-0.25, -0.2) is 0 Å². The maximum absolute atomic E-state index is 13.8. The largest absolute Gasteiger partial charge is 1.00 e. The van der Waals surface area contributed by atoms with Gasteiger partial charge in [0.2, 0.25) is 17.7 Å². The molecule has 124 heavy (non-hydrogen) atoms. The van der Waals surface area contributed by atoms with Crippen LogP contribution in [0.1, 0.15) is 202 Å². The molecule has 16 atom stereocenters. The molecule has 0 saturated carbocycles. The first-order chi connectivity index (χ1) is 56.6. The van der Waals surface area contributed by atoms with Gasteiger partial charge in [-0.1, -0.05) is 60.7 Å². The van der Waals surface area contributed by atoms with E-state index in [1.807, 2.05) is 74.5 Å². The van der Waals surface area contributed by atoms with Crippen LogP contribution in [0, 0.1) is 98.7 Å². The fourth-order valence-electron chi connectivity index (χ4n) is 21.2. The standard InChI is InChI=1S/C32H40N4O5.C30H36N4O4.C29H35N5O4.C2H3N.2CH4.Na.H2O/c1-15(2)32(39)34-13-25-27-21(29(37)18(5)19(6)30(27)38)11-23-28-26-20(9-16(3)17(4)31(26)41-14-40-8)10-22(35(28)7)24(12-33)36(23)25;1-13(2)30(38)32-12-23-25-19(27(35)16(5)17(6)29(25)37)10-21-26-24-18(8-14(3)15(4)28(24)36)9-20(33(26)7)22(11-31)34(21)23;1-12-7-17-8-19-21(10-30)34-20(25(33(19)6)23(17)27(36)13(12)2)9-18-24(22(34)11-32-29(38)16(5)31)28(37)15(4)14(3)26(18)35;1-2-3;;;;/h9,15,22-25,28H,10-11,13-14H2,1-8H3,(H,34,39);8,13,20-23,26,36H,9-10,12H2,1-7H3,(H,32,38);7,16,19-22,25,36H,8-9,11,31H2,1-6H3,(H,32,38);1H3;2*1H4;;1H2/q;;;;;;+1;/p-1/t22-,23?,24-,25-,28-;20-,21?,22-,23-,26-;16-,19-,20?,21-,22-,25-;;;;;/m000...../s1. The Kier molecular flexibility index (Phi) is 31.3. The molecule has 8 N–H and O–H groups in total. The van der Waals surface area contributed by atoms with E-state index in [1.54, 1.807) is 75.5 Å². The van der Waals surface area contributed by atoms with Gasteiger partial charge >= 0.3 is 29.6 Å². The molecule has 3 aliphatic carbocycles. The summed E-state index contributed by atoms with van der Waals surface area (Å²) < 4.78 is 11.5. The molecular weight excluding hydrogens is 1580 g/mol. The molecule has 3 saturated heterocycles. The Bertz CT molecular complexity index is 5120. The van der Waals surface area contributed by atoms with Crippen LogP contribution in [0.5, 0.6) is 17.2 Å². The van der Waals surface area contributed by atoms with E-state index in [4.69, 9.17) is 20.5 Å². The molecule has 0 aromatic heterocycles. The van der Waals surface area contributed by atoms with E-state index >= 15 is 0 Å². The van der Waals surface area contributed by atoms with Crippen LogP contribution in [0.3, 0.4) is 0 Å². The zero-order chi connectivity index (χ0) is 88.2. The van der Waals surface area contributed by atoms with Crippen LogP contribution < -0.4 is 56.0 Å². The van der Waals surface area contributed by atoms with Crippen molar-refractivity contribution in [2.45, 2.75) is 275 Å². The predicted molar refractivity (Wildman–Crippen MR) is 463 cm³/mol. The second kappa shape index (κ2) is 38.8. The van der Waals surface area contributed by atoms with Crippen molar-refractivity contribution < 1.29 is 97.9 Å². The minimum absolute atomic E-state index is 0. The number of Topliss-reactive ketones (excluding diaryl/α,β-unsaturated/α-hetero) is 6. The van der Waals surface area contributed by atoms with Gasteiger partial charge in [0.05, 0.1) is 66.6 Å². The van der Waals surface area contributed by atoms with Gasteiger partial charge in [0.1, 0.15) is 35.4 Å². The van der Waals surface area contributed by atoms with Gasteiger partial charge in [-0.2, -0.15) is 21.0 Å². The Hall–Kier alpha value is -9.47. The molecule has 28 nitrogen and oxygen atoms in total. The molecule has 12 aliphatic rings. The molecule has 658 valence electrons. The monoisotopic (exact) mass is 1710 g/mol. The van der Waals surface area contributed by atoms with Crippen molar-refractivity contribution in [3.63, 3.8) is 0 Å². The normalized spacial score (nSPS) is 27.4. The third-order valence-corrected chi connectivity index (χ3v) is 28.3. The first-order valence-electron chi connectivity index (χ1n) is 41.6. The Balaban J connectivity index is 0.000000223. The number of allylic oxidation sites excluding steroid dienone is 6. The Labute approximate surface area is 752 Å². The van der Waals surface area contributed by atoms with E-state index in [0.717, 1.165) is 72.5 Å². The number of fused-ring (bicyclic) bond motifs is 18. The molecule has 29 heteroatoms. The average molecular weight is 1710 g/mol. The number of phenolic OH excluding ortho intramolecular Hbond substituents is 2. The van der Waals surface area contributed by atoms with Crippen LogP contribution in [0.15, 0.2) is 85.1 Å². The van der Waals surface area contributed by atoms with Gasteiger partial charge in [0, 0.05) is 165 Å². The molecule has 9 aliphatic heterocycles. The fourth-order valence-corrected chi connectivity index (χ4v) is 21.2. The van der Waals surface area contributed by atoms with Crippen molar-refractivity contribution in [3.05, 3.63) is 152 Å². The maximum atomic E-state index is 13.8. The van der Waals surface area contributed by atoms with Gasteiger partial charge < -0.3 is 46.8 Å². The summed E-state index contributed by atoms with van der Waals surface area (Å²) in [5.41, 5.74) is 22.6. The molecule has 6 bridgehead atoms. The number of nitriles is 4. The second-order valence-corrected chi connectivity index (χ2v) is 35.3. The quantitative estimate of drug-likeness (QED) is 0.0684. The predicted octanol–water partition coefficient (Wildman–Crippen LogP) is 6.03. The number of nitrogens with zero attached hydrogens (tertiary/aromatic N) is 10. The summed E-state index contributed by atoms with van der Waals surface area (Å²) in [4.78, 5) is 133. The number of hydrogen-bond donors (Lipinski definition) is 6. The van der Waals surface area contributed by atoms with Gasteiger partial charge in [0.15, 0.2) is 41.5 Å². The van der Waals surface area contributed by atoms with Crippen LogP contribution in [0.2, 0.25) is 0 Å². The molecular formula is C95H123N14NaO14. The van der Waals surface area contributed by atoms with E-state index < -0.39 is 42.3 Å². The van der Waals surface area contributed by atoms with Gasteiger partial charge in [-0.15, -0.1) is 0 Å². The summed E-state index contributed by atoms with van der Waals surface area (Å²) in [6.45, 7) is 32.6. The number of carbonyl (C=O) groups is 9. The number of phenols is 2. The summed E-state index contributed by atoms with van der Waals surface area (Å²) in [5.74, 6) is -0.881. The number of likely N-dealkylation sites (N-methyl/N-ethyl adjacent to an activating group) is 3.